The van der Waals surface area contributed by atoms with E-state index >= 15 is 0 Å². The molecule has 0 atom stereocenters. The number of pyridine rings is 3. The Morgan fingerprint density at radius 2 is 1.19 bits per heavy atom. The van der Waals surface area contributed by atoms with Gasteiger partial charge in [-0.1, -0.05) is 62.4 Å². The molecule has 0 bridgehead atoms. The molecule has 4 aromatic carbocycles. The van der Waals surface area contributed by atoms with Crippen LogP contribution in [0.2, 0.25) is 0 Å². The normalized spacial score (nSPS) is 13.4. The van der Waals surface area contributed by atoms with E-state index in [9.17, 15) is 0 Å². The van der Waals surface area contributed by atoms with Crippen molar-refractivity contribution in [1.82, 2.24) is 19.5 Å². The molecule has 0 unspecified atom stereocenters. The second kappa shape index (κ2) is 10.5. The lowest BCUT2D eigenvalue weighted by Gasteiger charge is -2.42. The van der Waals surface area contributed by atoms with E-state index in [4.69, 9.17) is 4.98 Å². The lowest BCUT2D eigenvalue weighted by molar-refractivity contribution is 0.633. The summed E-state index contributed by atoms with van der Waals surface area (Å²) in [6, 6.07) is 43.4. The van der Waals surface area contributed by atoms with E-state index in [2.05, 4.69) is 136 Å². The molecule has 0 spiro atoms. The van der Waals surface area contributed by atoms with Gasteiger partial charge in [0.05, 0.1) is 27.9 Å². The first kappa shape index (κ1) is 27.3. The molecule has 47 heavy (non-hydrogen) atoms. The molecule has 0 saturated heterocycles. The SMILES string of the molecule is CC1(C)c2ccccc2N(c2ccccc2)c2cc3c(cc21)c1ncccc1n3-c1cc(-c2cccnc2)cc(-c2cccnc2)c1. The highest BCUT2D eigenvalue weighted by Gasteiger charge is 2.37. The van der Waals surface area contributed by atoms with Crippen molar-refractivity contribution in [1.29, 1.82) is 0 Å². The number of anilines is 3. The van der Waals surface area contributed by atoms with Gasteiger partial charge >= 0.3 is 0 Å². The van der Waals surface area contributed by atoms with Gasteiger partial charge in [-0.2, -0.15) is 0 Å². The number of rotatable bonds is 4. The van der Waals surface area contributed by atoms with Gasteiger partial charge in [0.2, 0.25) is 0 Å². The van der Waals surface area contributed by atoms with Gasteiger partial charge in [0.25, 0.3) is 0 Å². The Kier molecular flexibility index (Phi) is 6.09. The molecule has 5 nitrogen and oxygen atoms in total. The number of aromatic nitrogens is 4. The van der Waals surface area contributed by atoms with Crippen molar-refractivity contribution < 1.29 is 0 Å². The number of hydrogen-bond donors (Lipinski definition) is 0. The molecule has 0 aliphatic carbocycles. The number of para-hydroxylation sites is 2. The van der Waals surface area contributed by atoms with Crippen LogP contribution in [0, 0.1) is 0 Å². The Bertz CT molecular complexity index is 2370. The summed E-state index contributed by atoms with van der Waals surface area (Å²) >= 11 is 0. The maximum Gasteiger partial charge on any atom is 0.0963 e. The predicted molar refractivity (Wildman–Crippen MR) is 192 cm³/mol. The van der Waals surface area contributed by atoms with E-state index in [-0.39, 0.29) is 5.41 Å². The highest BCUT2D eigenvalue weighted by atomic mass is 15.2. The molecule has 1 aliphatic heterocycles. The Balaban J connectivity index is 1.38. The molecular formula is C42H31N5. The van der Waals surface area contributed by atoms with Crippen LogP contribution in [-0.4, -0.2) is 19.5 Å². The van der Waals surface area contributed by atoms with Crippen molar-refractivity contribution in [2.45, 2.75) is 19.3 Å². The zero-order valence-electron chi connectivity index (χ0n) is 26.2. The minimum atomic E-state index is -0.220. The summed E-state index contributed by atoms with van der Waals surface area (Å²) in [7, 11) is 0. The highest BCUT2D eigenvalue weighted by molar-refractivity contribution is 6.09. The van der Waals surface area contributed by atoms with Crippen molar-refractivity contribution in [2.75, 3.05) is 4.90 Å². The Morgan fingerprint density at radius 3 is 1.89 bits per heavy atom. The van der Waals surface area contributed by atoms with E-state index < -0.39 is 0 Å². The van der Waals surface area contributed by atoms with Gasteiger partial charge in [0, 0.05) is 64.3 Å². The molecule has 5 heterocycles. The summed E-state index contributed by atoms with van der Waals surface area (Å²) in [5, 5.41) is 1.13. The van der Waals surface area contributed by atoms with E-state index in [1.807, 2.05) is 49.2 Å². The molecule has 4 aromatic heterocycles. The fourth-order valence-corrected chi connectivity index (χ4v) is 7.30. The Morgan fingerprint density at radius 1 is 0.511 bits per heavy atom. The summed E-state index contributed by atoms with van der Waals surface area (Å²) in [6.07, 6.45) is 9.38. The Hall–Kier alpha value is -6.07. The van der Waals surface area contributed by atoms with Crippen LogP contribution in [0.1, 0.15) is 25.0 Å². The number of benzene rings is 4. The number of fused-ring (bicyclic) bond motifs is 5. The summed E-state index contributed by atoms with van der Waals surface area (Å²) in [6.45, 7) is 4.67. The molecule has 1 aliphatic rings. The van der Waals surface area contributed by atoms with Crippen molar-refractivity contribution >= 4 is 39.0 Å². The van der Waals surface area contributed by atoms with Gasteiger partial charge in [-0.05, 0) is 95.1 Å². The van der Waals surface area contributed by atoms with Crippen molar-refractivity contribution in [3.8, 4) is 27.9 Å². The minimum absolute atomic E-state index is 0.220. The molecular weight excluding hydrogens is 574 g/mol. The molecule has 0 saturated carbocycles. The van der Waals surface area contributed by atoms with E-state index in [1.54, 1.807) is 0 Å². The first-order valence-electron chi connectivity index (χ1n) is 15.9. The fourth-order valence-electron chi connectivity index (χ4n) is 7.30. The van der Waals surface area contributed by atoms with Crippen LogP contribution in [0.15, 0.2) is 152 Å². The smallest absolute Gasteiger partial charge is 0.0963 e. The zero-order chi connectivity index (χ0) is 31.5. The van der Waals surface area contributed by atoms with E-state index in [0.717, 1.165) is 55.6 Å². The topological polar surface area (TPSA) is 46.8 Å². The maximum absolute atomic E-state index is 4.98. The van der Waals surface area contributed by atoms with Gasteiger partial charge in [0.15, 0.2) is 0 Å². The summed E-state index contributed by atoms with van der Waals surface area (Å²) in [4.78, 5) is 16.3. The van der Waals surface area contributed by atoms with Crippen LogP contribution < -0.4 is 4.90 Å². The molecule has 224 valence electrons. The van der Waals surface area contributed by atoms with Gasteiger partial charge in [0.1, 0.15) is 0 Å². The Labute approximate surface area is 273 Å². The van der Waals surface area contributed by atoms with Crippen LogP contribution in [0.3, 0.4) is 0 Å². The number of nitrogens with zero attached hydrogens (tertiary/aromatic N) is 5. The molecule has 0 radical (unpaired) electrons. The van der Waals surface area contributed by atoms with Crippen LogP contribution >= 0.6 is 0 Å². The molecule has 8 aromatic rings. The van der Waals surface area contributed by atoms with Crippen molar-refractivity contribution in [3.63, 3.8) is 0 Å². The predicted octanol–water partition coefficient (Wildman–Crippen LogP) is 10.4. The van der Waals surface area contributed by atoms with Gasteiger partial charge < -0.3 is 9.47 Å². The van der Waals surface area contributed by atoms with E-state index in [1.165, 1.54) is 22.5 Å². The minimum Gasteiger partial charge on any atom is -0.310 e. The average Bonchev–Trinajstić information content (AvgIpc) is 3.45. The quantitative estimate of drug-likeness (QED) is 0.200. The van der Waals surface area contributed by atoms with Crippen molar-refractivity contribution in [3.05, 3.63) is 163 Å². The second-order valence-electron chi connectivity index (χ2n) is 12.7. The number of hydrogen-bond acceptors (Lipinski definition) is 4. The molecule has 0 amide bonds. The third-order valence-electron chi connectivity index (χ3n) is 9.55. The van der Waals surface area contributed by atoms with Gasteiger partial charge in [-0.15, -0.1) is 0 Å². The molecule has 0 fully saturated rings. The van der Waals surface area contributed by atoms with E-state index in [0.29, 0.717) is 0 Å². The first-order chi connectivity index (χ1) is 23.1. The monoisotopic (exact) mass is 605 g/mol. The first-order valence-corrected chi connectivity index (χ1v) is 15.9. The maximum atomic E-state index is 4.98. The summed E-state index contributed by atoms with van der Waals surface area (Å²) < 4.78 is 2.37. The molecule has 0 N–H and O–H groups in total. The molecule has 9 rings (SSSR count). The van der Waals surface area contributed by atoms with Crippen LogP contribution in [0.25, 0.3) is 49.9 Å². The third-order valence-corrected chi connectivity index (χ3v) is 9.55. The average molecular weight is 606 g/mol. The summed E-state index contributed by atoms with van der Waals surface area (Å²) in [5.41, 5.74) is 14.4. The zero-order valence-corrected chi connectivity index (χ0v) is 26.2. The van der Waals surface area contributed by atoms with Gasteiger partial charge in [-0.25, -0.2) is 0 Å². The van der Waals surface area contributed by atoms with Crippen LogP contribution in [0.5, 0.6) is 0 Å². The standard InChI is InChI=1S/C42H31N5/c1-42(2)35-15-6-7-16-37(35)46(32-13-4-3-5-14-32)40-25-39-34(24-36(40)42)41-38(17-10-20-45-41)47(39)33-22-30(28-11-8-18-43-26-28)21-31(23-33)29-12-9-19-44-27-29/h3-27H,1-2H3. The third kappa shape index (κ3) is 4.27. The molecule has 5 heteroatoms. The fraction of sp³-hybridized carbons (Fsp3) is 0.0714. The van der Waals surface area contributed by atoms with Gasteiger partial charge in [-0.3, -0.25) is 15.0 Å². The largest absolute Gasteiger partial charge is 0.310 e. The van der Waals surface area contributed by atoms with Crippen LogP contribution in [-0.2, 0) is 5.41 Å². The second-order valence-corrected chi connectivity index (χ2v) is 12.7. The summed E-state index contributed by atoms with van der Waals surface area (Å²) in [5.74, 6) is 0. The van der Waals surface area contributed by atoms with Crippen molar-refractivity contribution in [2.24, 2.45) is 0 Å². The lowest BCUT2D eigenvalue weighted by atomic mass is 9.73. The highest BCUT2D eigenvalue weighted by Crippen LogP contribution is 2.53. The van der Waals surface area contributed by atoms with Crippen LogP contribution in [0.4, 0.5) is 17.1 Å². The lowest BCUT2D eigenvalue weighted by Crippen LogP contribution is -2.30.